The van der Waals surface area contributed by atoms with E-state index in [1.54, 1.807) is 0 Å². The third-order valence-electron chi connectivity index (χ3n) is 2.66. The van der Waals surface area contributed by atoms with Gasteiger partial charge in [0.05, 0.1) is 0 Å². The molecular weight excluding hydrogens is 170 g/mol. The Morgan fingerprint density at radius 2 is 2.33 bits per heavy atom. The SMILES string of the molecule is CCCN1CCCC(CCCl)C1. The molecule has 0 radical (unpaired) electrons. The van der Waals surface area contributed by atoms with Gasteiger partial charge in [0.25, 0.3) is 0 Å². The van der Waals surface area contributed by atoms with Gasteiger partial charge >= 0.3 is 0 Å². The molecule has 1 saturated heterocycles. The Balaban J connectivity index is 2.20. The van der Waals surface area contributed by atoms with E-state index in [0.29, 0.717) is 0 Å². The summed E-state index contributed by atoms with van der Waals surface area (Å²) in [6, 6.07) is 0. The van der Waals surface area contributed by atoms with E-state index in [1.807, 2.05) is 0 Å². The molecule has 0 amide bonds. The molecule has 1 unspecified atom stereocenters. The van der Waals surface area contributed by atoms with Crippen LogP contribution < -0.4 is 0 Å². The molecule has 1 aliphatic heterocycles. The third kappa shape index (κ3) is 3.32. The zero-order valence-electron chi connectivity index (χ0n) is 8.06. The van der Waals surface area contributed by atoms with E-state index in [9.17, 15) is 0 Å². The number of nitrogens with zero attached hydrogens (tertiary/aromatic N) is 1. The van der Waals surface area contributed by atoms with E-state index in [0.717, 1.165) is 11.8 Å². The van der Waals surface area contributed by atoms with Crippen molar-refractivity contribution in [3.63, 3.8) is 0 Å². The molecule has 1 aliphatic rings. The van der Waals surface area contributed by atoms with E-state index in [2.05, 4.69) is 11.8 Å². The molecule has 0 spiro atoms. The van der Waals surface area contributed by atoms with Crippen molar-refractivity contribution < 1.29 is 0 Å². The monoisotopic (exact) mass is 189 g/mol. The summed E-state index contributed by atoms with van der Waals surface area (Å²) < 4.78 is 0. The Morgan fingerprint density at radius 1 is 1.50 bits per heavy atom. The largest absolute Gasteiger partial charge is 0.303 e. The lowest BCUT2D eigenvalue weighted by atomic mass is 9.95. The molecule has 1 heterocycles. The standard InChI is InChI=1S/C10H20ClN/c1-2-7-12-8-3-4-10(9-12)5-6-11/h10H,2-9H2,1H3. The molecule has 1 rings (SSSR count). The maximum Gasteiger partial charge on any atom is 0.0226 e. The summed E-state index contributed by atoms with van der Waals surface area (Å²) in [5.41, 5.74) is 0. The van der Waals surface area contributed by atoms with E-state index in [-0.39, 0.29) is 0 Å². The highest BCUT2D eigenvalue weighted by Crippen LogP contribution is 2.19. The van der Waals surface area contributed by atoms with Crippen molar-refractivity contribution in [1.82, 2.24) is 4.90 Å². The topological polar surface area (TPSA) is 3.24 Å². The second-order valence-corrected chi connectivity index (χ2v) is 4.16. The van der Waals surface area contributed by atoms with Crippen LogP contribution >= 0.6 is 11.6 Å². The smallest absolute Gasteiger partial charge is 0.0226 e. The Kier molecular flexibility index (Phi) is 5.01. The second kappa shape index (κ2) is 5.82. The van der Waals surface area contributed by atoms with Gasteiger partial charge in [-0.1, -0.05) is 6.92 Å². The van der Waals surface area contributed by atoms with Crippen molar-refractivity contribution >= 4 is 11.6 Å². The number of piperidine rings is 1. The van der Waals surface area contributed by atoms with Gasteiger partial charge in [-0.05, 0) is 44.7 Å². The Morgan fingerprint density at radius 3 is 3.00 bits per heavy atom. The molecule has 0 bridgehead atoms. The maximum absolute atomic E-state index is 5.74. The predicted octanol–water partition coefficient (Wildman–Crippen LogP) is 2.74. The van der Waals surface area contributed by atoms with Crippen LogP contribution in [0.4, 0.5) is 0 Å². The van der Waals surface area contributed by atoms with Crippen LogP contribution in [0.25, 0.3) is 0 Å². The van der Waals surface area contributed by atoms with Gasteiger partial charge in [-0.2, -0.15) is 0 Å². The van der Waals surface area contributed by atoms with Gasteiger partial charge in [0.15, 0.2) is 0 Å². The fourth-order valence-corrected chi connectivity index (χ4v) is 2.37. The van der Waals surface area contributed by atoms with E-state index < -0.39 is 0 Å². The molecule has 0 aromatic rings. The van der Waals surface area contributed by atoms with Crippen molar-refractivity contribution in [2.45, 2.75) is 32.6 Å². The van der Waals surface area contributed by atoms with Gasteiger partial charge in [-0.25, -0.2) is 0 Å². The van der Waals surface area contributed by atoms with Crippen molar-refractivity contribution in [2.24, 2.45) is 5.92 Å². The first kappa shape index (κ1) is 10.3. The normalized spacial score (nSPS) is 26.0. The number of rotatable bonds is 4. The van der Waals surface area contributed by atoms with Crippen LogP contribution in [0.1, 0.15) is 32.6 Å². The predicted molar refractivity (Wildman–Crippen MR) is 54.8 cm³/mol. The molecular formula is C10H20ClN. The molecule has 72 valence electrons. The van der Waals surface area contributed by atoms with E-state index in [4.69, 9.17) is 11.6 Å². The number of hydrogen-bond acceptors (Lipinski definition) is 1. The highest BCUT2D eigenvalue weighted by Gasteiger charge is 2.17. The minimum atomic E-state index is 0.838. The van der Waals surface area contributed by atoms with Crippen molar-refractivity contribution in [1.29, 1.82) is 0 Å². The molecule has 0 saturated carbocycles. The van der Waals surface area contributed by atoms with Crippen molar-refractivity contribution in [3.05, 3.63) is 0 Å². The summed E-state index contributed by atoms with van der Waals surface area (Å²) in [6.45, 7) is 6.14. The molecule has 2 heteroatoms. The molecule has 12 heavy (non-hydrogen) atoms. The van der Waals surface area contributed by atoms with Crippen molar-refractivity contribution in [3.8, 4) is 0 Å². The van der Waals surface area contributed by atoms with Crippen LogP contribution in [-0.2, 0) is 0 Å². The van der Waals surface area contributed by atoms with Crippen LogP contribution in [0.15, 0.2) is 0 Å². The third-order valence-corrected chi connectivity index (χ3v) is 2.88. The number of hydrogen-bond donors (Lipinski definition) is 0. The van der Waals surface area contributed by atoms with Crippen LogP contribution in [0.3, 0.4) is 0 Å². The first-order valence-corrected chi connectivity index (χ1v) is 5.68. The van der Waals surface area contributed by atoms with Gasteiger partial charge in [-0.15, -0.1) is 11.6 Å². The van der Waals surface area contributed by atoms with Gasteiger partial charge < -0.3 is 4.90 Å². The zero-order valence-corrected chi connectivity index (χ0v) is 8.82. The molecule has 1 fully saturated rings. The minimum Gasteiger partial charge on any atom is -0.303 e. The van der Waals surface area contributed by atoms with Crippen LogP contribution in [-0.4, -0.2) is 30.4 Å². The molecule has 0 aromatic carbocycles. The number of halogens is 1. The lowest BCUT2D eigenvalue weighted by molar-refractivity contribution is 0.172. The first-order valence-electron chi connectivity index (χ1n) is 5.15. The Bertz CT molecular complexity index is 100. The molecule has 1 atom stereocenters. The van der Waals surface area contributed by atoms with Gasteiger partial charge in [0, 0.05) is 12.4 Å². The lowest BCUT2D eigenvalue weighted by Crippen LogP contribution is -2.35. The van der Waals surface area contributed by atoms with Crippen LogP contribution in [0.5, 0.6) is 0 Å². The quantitative estimate of drug-likeness (QED) is 0.615. The zero-order chi connectivity index (χ0) is 8.81. The van der Waals surface area contributed by atoms with Crippen LogP contribution in [0, 0.1) is 5.92 Å². The molecule has 0 aromatic heterocycles. The van der Waals surface area contributed by atoms with E-state index in [1.165, 1.54) is 45.3 Å². The average Bonchev–Trinajstić information content (AvgIpc) is 2.06. The molecule has 0 N–H and O–H groups in total. The van der Waals surface area contributed by atoms with E-state index >= 15 is 0 Å². The number of likely N-dealkylation sites (tertiary alicyclic amines) is 1. The average molecular weight is 190 g/mol. The minimum absolute atomic E-state index is 0.838. The van der Waals surface area contributed by atoms with Gasteiger partial charge in [-0.3, -0.25) is 0 Å². The summed E-state index contributed by atoms with van der Waals surface area (Å²) in [4.78, 5) is 2.58. The van der Waals surface area contributed by atoms with Crippen LogP contribution in [0.2, 0.25) is 0 Å². The maximum atomic E-state index is 5.74. The highest BCUT2D eigenvalue weighted by atomic mass is 35.5. The fourth-order valence-electron chi connectivity index (χ4n) is 2.06. The second-order valence-electron chi connectivity index (χ2n) is 3.79. The van der Waals surface area contributed by atoms with Crippen molar-refractivity contribution in [2.75, 3.05) is 25.5 Å². The summed E-state index contributed by atoms with van der Waals surface area (Å²) >= 11 is 5.74. The summed E-state index contributed by atoms with van der Waals surface area (Å²) in [5, 5.41) is 0. The summed E-state index contributed by atoms with van der Waals surface area (Å²) in [5.74, 6) is 1.72. The highest BCUT2D eigenvalue weighted by molar-refractivity contribution is 6.17. The van der Waals surface area contributed by atoms with Gasteiger partial charge in [0.1, 0.15) is 0 Å². The van der Waals surface area contributed by atoms with Gasteiger partial charge in [0.2, 0.25) is 0 Å². The Labute approximate surface area is 81.1 Å². The fraction of sp³-hybridized carbons (Fsp3) is 1.00. The summed E-state index contributed by atoms with van der Waals surface area (Å²) in [7, 11) is 0. The molecule has 1 nitrogen and oxygen atoms in total. The summed E-state index contributed by atoms with van der Waals surface area (Å²) in [6.07, 6.45) is 5.27. The lowest BCUT2D eigenvalue weighted by Gasteiger charge is -2.32. The Hall–Kier alpha value is 0.250. The first-order chi connectivity index (χ1) is 5.86. The molecule has 0 aliphatic carbocycles. The number of alkyl halides is 1.